The fraction of sp³-hybridized carbons (Fsp3) is 0.375. The van der Waals surface area contributed by atoms with Crippen LogP contribution in [0.5, 0.6) is 0 Å². The van der Waals surface area contributed by atoms with Crippen molar-refractivity contribution in [3.8, 4) is 0 Å². The summed E-state index contributed by atoms with van der Waals surface area (Å²) in [6, 6.07) is 2.69. The van der Waals surface area contributed by atoms with E-state index < -0.39 is 29.6 Å². The highest BCUT2D eigenvalue weighted by Gasteiger charge is 2.43. The maximum absolute atomic E-state index is 12.9. The summed E-state index contributed by atoms with van der Waals surface area (Å²) in [5, 5.41) is 0.0856. The molecule has 0 saturated carbocycles. The van der Waals surface area contributed by atoms with Gasteiger partial charge in [-0.05, 0) is 49.4 Å². The van der Waals surface area contributed by atoms with Crippen molar-refractivity contribution < 1.29 is 35.9 Å². The van der Waals surface area contributed by atoms with Crippen LogP contribution in [-0.4, -0.2) is 28.6 Å². The molecule has 1 aliphatic rings. The molecule has 1 aromatic carbocycles. The van der Waals surface area contributed by atoms with Gasteiger partial charge in [0.05, 0.1) is 5.52 Å². The summed E-state index contributed by atoms with van der Waals surface area (Å²) in [5.41, 5.74) is -0.242. The van der Waals surface area contributed by atoms with Gasteiger partial charge in [0, 0.05) is 16.6 Å². The van der Waals surface area contributed by atoms with E-state index in [0.29, 0.717) is 29.4 Å². The lowest BCUT2D eigenvalue weighted by atomic mass is 9.94. The number of hydrogen-bond donors (Lipinski definition) is 0. The van der Waals surface area contributed by atoms with E-state index >= 15 is 0 Å². The Labute approximate surface area is 137 Å². The second-order valence-corrected chi connectivity index (χ2v) is 5.83. The van der Waals surface area contributed by atoms with Gasteiger partial charge in [-0.3, -0.25) is 14.2 Å². The molecule has 3 rings (SSSR count). The first kappa shape index (κ1) is 17.5. The Balaban J connectivity index is 2.25. The Hall–Kier alpha value is -2.32. The Morgan fingerprint density at radius 1 is 0.920 bits per heavy atom. The van der Waals surface area contributed by atoms with Crippen molar-refractivity contribution in [1.29, 1.82) is 0 Å². The maximum Gasteiger partial charge on any atom is 0.472 e. The molecule has 0 saturated heterocycles. The molecule has 1 aromatic heterocycles. The number of rotatable bonds is 1. The molecule has 0 atom stereocenters. The molecule has 9 heteroatoms. The second kappa shape index (κ2) is 5.60. The van der Waals surface area contributed by atoms with Crippen LogP contribution in [0.15, 0.2) is 18.2 Å². The molecule has 0 bridgehead atoms. The lowest BCUT2D eigenvalue weighted by molar-refractivity contribution is -0.0945. The third kappa shape index (κ3) is 2.91. The third-order valence-electron chi connectivity index (χ3n) is 4.24. The highest BCUT2D eigenvalue weighted by atomic mass is 19.4. The number of halogens is 6. The SMILES string of the molecule is O=C(c1ccc2c(c1)c1c(n2C(=O)C(F)(F)F)CCCC1)C(F)(F)F. The topological polar surface area (TPSA) is 39.1 Å². The number of nitrogens with zero attached hydrogens (tertiary/aromatic N) is 1. The van der Waals surface area contributed by atoms with Crippen LogP contribution in [0.1, 0.15) is 39.3 Å². The van der Waals surface area contributed by atoms with E-state index in [1.807, 2.05) is 0 Å². The first-order valence-electron chi connectivity index (χ1n) is 7.41. The van der Waals surface area contributed by atoms with E-state index in [-0.39, 0.29) is 23.0 Å². The molecule has 134 valence electrons. The van der Waals surface area contributed by atoms with Gasteiger partial charge in [0.2, 0.25) is 0 Å². The number of benzene rings is 1. The van der Waals surface area contributed by atoms with E-state index in [2.05, 4.69) is 0 Å². The van der Waals surface area contributed by atoms with Gasteiger partial charge in [0.1, 0.15) is 0 Å². The van der Waals surface area contributed by atoms with Crippen molar-refractivity contribution in [1.82, 2.24) is 4.57 Å². The summed E-state index contributed by atoms with van der Waals surface area (Å²) in [5.74, 6) is -4.16. The number of Topliss-reactive ketones (excluding diaryl/α,β-unsaturated/α-hetero) is 1. The van der Waals surface area contributed by atoms with E-state index in [0.717, 1.165) is 18.2 Å². The fourth-order valence-corrected chi connectivity index (χ4v) is 3.21. The summed E-state index contributed by atoms with van der Waals surface area (Å²) in [4.78, 5) is 23.2. The standard InChI is InChI=1S/C16H11F6NO2/c17-15(18,19)13(24)8-5-6-12-10(7-8)9-3-1-2-4-11(9)23(12)14(25)16(20,21)22/h5-7H,1-4H2. The molecule has 0 amide bonds. The summed E-state index contributed by atoms with van der Waals surface area (Å²) < 4.78 is 77.0. The zero-order valence-corrected chi connectivity index (χ0v) is 12.6. The van der Waals surface area contributed by atoms with Crippen LogP contribution >= 0.6 is 0 Å². The smallest absolute Gasteiger partial charge is 0.284 e. The van der Waals surface area contributed by atoms with Gasteiger partial charge in [0.25, 0.3) is 5.78 Å². The summed E-state index contributed by atoms with van der Waals surface area (Å²) >= 11 is 0. The summed E-state index contributed by atoms with van der Waals surface area (Å²) in [6.45, 7) is 0. The van der Waals surface area contributed by atoms with Crippen molar-refractivity contribution in [3.05, 3.63) is 35.0 Å². The molecule has 25 heavy (non-hydrogen) atoms. The Morgan fingerprint density at radius 3 is 2.16 bits per heavy atom. The van der Waals surface area contributed by atoms with Gasteiger partial charge in [-0.2, -0.15) is 26.3 Å². The molecule has 0 spiro atoms. The van der Waals surface area contributed by atoms with Gasteiger partial charge in [-0.1, -0.05) is 0 Å². The Kier molecular flexibility index (Phi) is 3.92. The quantitative estimate of drug-likeness (QED) is 0.554. The summed E-state index contributed by atoms with van der Waals surface area (Å²) in [6.07, 6.45) is -8.43. The van der Waals surface area contributed by atoms with Gasteiger partial charge < -0.3 is 0 Å². The van der Waals surface area contributed by atoms with Crippen molar-refractivity contribution >= 4 is 22.6 Å². The number of ketones is 1. The highest BCUT2D eigenvalue weighted by molar-refractivity contribution is 6.05. The fourth-order valence-electron chi connectivity index (χ4n) is 3.21. The minimum atomic E-state index is -5.11. The number of hydrogen-bond acceptors (Lipinski definition) is 2. The number of carbonyl (C=O) groups is 2. The minimum Gasteiger partial charge on any atom is -0.284 e. The molecule has 3 nitrogen and oxygen atoms in total. The summed E-state index contributed by atoms with van der Waals surface area (Å²) in [7, 11) is 0. The van der Waals surface area contributed by atoms with Crippen LogP contribution in [0.4, 0.5) is 26.3 Å². The monoisotopic (exact) mass is 363 g/mol. The highest BCUT2D eigenvalue weighted by Crippen LogP contribution is 2.35. The van der Waals surface area contributed by atoms with E-state index in [1.165, 1.54) is 0 Å². The molecule has 0 radical (unpaired) electrons. The van der Waals surface area contributed by atoms with Crippen molar-refractivity contribution in [2.24, 2.45) is 0 Å². The Bertz CT molecular complexity index is 875. The van der Waals surface area contributed by atoms with Crippen LogP contribution < -0.4 is 0 Å². The maximum atomic E-state index is 12.9. The lowest BCUT2D eigenvalue weighted by Crippen LogP contribution is -2.30. The first-order chi connectivity index (χ1) is 11.5. The average molecular weight is 363 g/mol. The normalized spacial score (nSPS) is 15.3. The largest absolute Gasteiger partial charge is 0.472 e. The molecule has 2 aromatic rings. The van der Waals surface area contributed by atoms with Crippen molar-refractivity contribution in [2.45, 2.75) is 38.0 Å². The first-order valence-corrected chi connectivity index (χ1v) is 7.41. The van der Waals surface area contributed by atoms with Crippen LogP contribution in [0, 0.1) is 0 Å². The molecule has 0 N–H and O–H groups in total. The zero-order chi connectivity index (χ0) is 18.6. The molecular weight excluding hydrogens is 352 g/mol. The van der Waals surface area contributed by atoms with E-state index in [9.17, 15) is 35.9 Å². The van der Waals surface area contributed by atoms with Crippen molar-refractivity contribution in [2.75, 3.05) is 0 Å². The zero-order valence-electron chi connectivity index (χ0n) is 12.6. The number of alkyl halides is 6. The molecule has 0 unspecified atom stereocenters. The van der Waals surface area contributed by atoms with Crippen molar-refractivity contribution in [3.63, 3.8) is 0 Å². The van der Waals surface area contributed by atoms with Crippen LogP contribution in [-0.2, 0) is 12.8 Å². The number of aromatic nitrogens is 1. The minimum absolute atomic E-state index is 0.0856. The van der Waals surface area contributed by atoms with Gasteiger partial charge >= 0.3 is 18.3 Å². The molecular formula is C16H11F6NO2. The van der Waals surface area contributed by atoms with E-state index in [1.54, 1.807) is 0 Å². The predicted octanol–water partition coefficient (Wildman–Crippen LogP) is 4.47. The van der Waals surface area contributed by atoms with Gasteiger partial charge in [-0.25, -0.2) is 0 Å². The number of aryl methyl sites for hydroxylation is 1. The van der Waals surface area contributed by atoms with Crippen LogP contribution in [0.25, 0.3) is 10.9 Å². The predicted molar refractivity (Wildman–Crippen MR) is 75.6 cm³/mol. The van der Waals surface area contributed by atoms with Crippen LogP contribution in [0.3, 0.4) is 0 Å². The number of fused-ring (bicyclic) bond motifs is 3. The molecule has 0 aliphatic heterocycles. The van der Waals surface area contributed by atoms with Gasteiger partial charge in [0.15, 0.2) is 0 Å². The van der Waals surface area contributed by atoms with Gasteiger partial charge in [-0.15, -0.1) is 0 Å². The Morgan fingerprint density at radius 2 is 1.56 bits per heavy atom. The van der Waals surface area contributed by atoms with E-state index in [4.69, 9.17) is 0 Å². The van der Waals surface area contributed by atoms with Crippen LogP contribution in [0.2, 0.25) is 0 Å². The molecule has 1 heterocycles. The number of carbonyl (C=O) groups excluding carboxylic acids is 2. The third-order valence-corrected chi connectivity index (χ3v) is 4.24. The average Bonchev–Trinajstić information content (AvgIpc) is 2.85. The second-order valence-electron chi connectivity index (χ2n) is 5.83. The molecule has 0 fully saturated rings. The molecule has 1 aliphatic carbocycles. The lowest BCUT2D eigenvalue weighted by Gasteiger charge is -2.15.